The Balaban J connectivity index is 2.39. The molecule has 1 N–H and O–H groups in total. The van der Waals surface area contributed by atoms with Gasteiger partial charge in [0.2, 0.25) is 0 Å². The maximum atomic E-state index is 12.7. The van der Waals surface area contributed by atoms with E-state index in [1.54, 1.807) is 18.2 Å². The summed E-state index contributed by atoms with van der Waals surface area (Å²) in [5, 5.41) is 8.02. The van der Waals surface area contributed by atoms with Crippen LogP contribution in [-0.4, -0.2) is 24.7 Å². The van der Waals surface area contributed by atoms with Crippen LogP contribution in [0.1, 0.15) is 25.8 Å². The fraction of sp³-hybridized carbons (Fsp3) is 0.278. The van der Waals surface area contributed by atoms with Gasteiger partial charge < -0.3 is 5.11 Å². The second kappa shape index (κ2) is 6.54. The van der Waals surface area contributed by atoms with E-state index < -0.39 is 26.5 Å². The lowest BCUT2D eigenvalue weighted by molar-refractivity contribution is -0.136. The Morgan fingerprint density at radius 3 is 1.96 bits per heavy atom. The van der Waals surface area contributed by atoms with Gasteiger partial charge in [0.1, 0.15) is 0 Å². The summed E-state index contributed by atoms with van der Waals surface area (Å²) in [6.07, 6.45) is 0.00355. The largest absolute Gasteiger partial charge is 0.480 e. The highest BCUT2D eigenvalue weighted by atomic mass is 32.2. The molecule has 2 aromatic carbocycles. The van der Waals surface area contributed by atoms with Crippen LogP contribution >= 0.6 is 0 Å². The molecule has 4 nitrogen and oxygen atoms in total. The Hall–Kier alpha value is -2.14. The van der Waals surface area contributed by atoms with Crippen molar-refractivity contribution < 1.29 is 18.3 Å². The first-order valence-electron chi connectivity index (χ1n) is 7.32. The van der Waals surface area contributed by atoms with Crippen LogP contribution in [0.4, 0.5) is 0 Å². The number of carboxylic acids is 1. The molecule has 1 unspecified atom stereocenters. The maximum Gasteiger partial charge on any atom is 0.322 e. The maximum absolute atomic E-state index is 12.7. The first-order chi connectivity index (χ1) is 10.7. The smallest absolute Gasteiger partial charge is 0.322 e. The highest BCUT2D eigenvalue weighted by molar-refractivity contribution is 7.92. The fourth-order valence-electron chi connectivity index (χ4n) is 2.57. The summed E-state index contributed by atoms with van der Waals surface area (Å²) >= 11 is 0. The topological polar surface area (TPSA) is 71.4 Å². The van der Waals surface area contributed by atoms with E-state index in [1.807, 2.05) is 44.2 Å². The number of sulfone groups is 1. The number of benzene rings is 2. The summed E-state index contributed by atoms with van der Waals surface area (Å²) in [6.45, 7) is 3.72. The minimum absolute atomic E-state index is 0.00355. The number of rotatable bonds is 6. The Kier molecular flexibility index (Phi) is 4.90. The van der Waals surface area contributed by atoms with Crippen molar-refractivity contribution in [2.75, 3.05) is 0 Å². The molecular weight excluding hydrogens is 312 g/mol. The summed E-state index contributed by atoms with van der Waals surface area (Å²) in [5.74, 6) is -1.32. The van der Waals surface area contributed by atoms with Crippen molar-refractivity contribution in [2.24, 2.45) is 0 Å². The number of hydrogen-bond donors (Lipinski definition) is 1. The van der Waals surface area contributed by atoms with Crippen LogP contribution in [0, 0.1) is 0 Å². The van der Waals surface area contributed by atoms with Crippen LogP contribution in [0.15, 0.2) is 65.6 Å². The lowest BCUT2D eigenvalue weighted by atomic mass is 9.80. The van der Waals surface area contributed by atoms with Crippen molar-refractivity contribution in [1.29, 1.82) is 0 Å². The third-order valence-corrected chi connectivity index (χ3v) is 6.02. The number of carbonyl (C=O) groups is 1. The van der Waals surface area contributed by atoms with Gasteiger partial charge in [-0.2, -0.15) is 0 Å². The average molecular weight is 332 g/mol. The van der Waals surface area contributed by atoms with Crippen LogP contribution in [0.5, 0.6) is 0 Å². The normalized spacial score (nSPS) is 13.5. The molecular formula is C18H20O4S. The van der Waals surface area contributed by atoms with Gasteiger partial charge >= 0.3 is 5.97 Å². The molecule has 23 heavy (non-hydrogen) atoms. The third kappa shape index (κ3) is 3.79. The van der Waals surface area contributed by atoms with Gasteiger partial charge in [0.15, 0.2) is 15.1 Å². The summed E-state index contributed by atoms with van der Waals surface area (Å²) in [7, 11) is -3.94. The molecule has 0 aromatic heterocycles. The molecule has 1 atom stereocenters. The monoisotopic (exact) mass is 332 g/mol. The molecule has 122 valence electrons. The van der Waals surface area contributed by atoms with E-state index in [-0.39, 0.29) is 11.3 Å². The highest BCUT2D eigenvalue weighted by Gasteiger charge is 2.39. The molecule has 2 rings (SSSR count). The molecule has 0 aliphatic heterocycles. The van der Waals surface area contributed by atoms with Crippen molar-refractivity contribution >= 4 is 15.8 Å². The van der Waals surface area contributed by atoms with Gasteiger partial charge in [-0.3, -0.25) is 4.79 Å². The highest BCUT2D eigenvalue weighted by Crippen LogP contribution is 2.32. The fourth-order valence-corrected chi connectivity index (χ4v) is 4.34. The van der Waals surface area contributed by atoms with E-state index in [2.05, 4.69) is 0 Å². The summed E-state index contributed by atoms with van der Waals surface area (Å²) in [5.41, 5.74) is 0.334. The van der Waals surface area contributed by atoms with Gasteiger partial charge in [0.05, 0.1) is 4.90 Å². The molecule has 0 saturated heterocycles. The zero-order chi connectivity index (χ0) is 17.1. The molecule has 5 heteroatoms. The predicted molar refractivity (Wildman–Crippen MR) is 89.1 cm³/mol. The van der Waals surface area contributed by atoms with Crippen molar-refractivity contribution in [3.8, 4) is 0 Å². The Bertz CT molecular complexity index is 765. The van der Waals surface area contributed by atoms with Crippen LogP contribution in [0.25, 0.3) is 0 Å². The van der Waals surface area contributed by atoms with Gasteiger partial charge in [-0.25, -0.2) is 8.42 Å². The van der Waals surface area contributed by atoms with Crippen molar-refractivity contribution in [3.05, 3.63) is 66.2 Å². The van der Waals surface area contributed by atoms with Gasteiger partial charge in [0, 0.05) is 0 Å². The average Bonchev–Trinajstić information content (AvgIpc) is 2.54. The van der Waals surface area contributed by atoms with Gasteiger partial charge in [-0.05, 0) is 29.5 Å². The molecule has 0 aliphatic carbocycles. The van der Waals surface area contributed by atoms with Crippen LogP contribution in [-0.2, 0) is 20.0 Å². The first kappa shape index (κ1) is 17.2. The Morgan fingerprint density at radius 1 is 1.00 bits per heavy atom. The molecule has 0 amide bonds. The van der Waals surface area contributed by atoms with Gasteiger partial charge in [-0.1, -0.05) is 62.4 Å². The second-order valence-electron chi connectivity index (χ2n) is 6.14. The number of carboxylic acid groups (broad SMARTS) is 1. The zero-order valence-electron chi connectivity index (χ0n) is 13.1. The molecule has 2 aromatic rings. The van der Waals surface area contributed by atoms with E-state index >= 15 is 0 Å². The number of hydrogen-bond acceptors (Lipinski definition) is 3. The van der Waals surface area contributed by atoms with Gasteiger partial charge in [0.25, 0.3) is 0 Å². The predicted octanol–water partition coefficient (Wildman–Crippen LogP) is 3.28. The molecule has 0 heterocycles. The molecule has 0 spiro atoms. The van der Waals surface area contributed by atoms with Crippen molar-refractivity contribution in [1.82, 2.24) is 0 Å². The van der Waals surface area contributed by atoms with Crippen molar-refractivity contribution in [3.63, 3.8) is 0 Å². The van der Waals surface area contributed by atoms with E-state index in [0.717, 1.165) is 5.56 Å². The molecule has 0 saturated carbocycles. The van der Waals surface area contributed by atoms with E-state index in [0.29, 0.717) is 0 Å². The SMILES string of the molecule is CC(C)(CC(C(=O)O)S(=O)(=O)c1ccccc1)c1ccccc1. The standard InChI is InChI=1S/C18H20O4S/c1-18(2,14-9-5-3-6-10-14)13-16(17(19)20)23(21,22)15-11-7-4-8-12-15/h3-12,16H,13H2,1-2H3,(H,19,20). The summed E-state index contributed by atoms with van der Waals surface area (Å²) in [6, 6.07) is 17.1. The van der Waals surface area contributed by atoms with Crippen LogP contribution in [0.3, 0.4) is 0 Å². The summed E-state index contributed by atoms with van der Waals surface area (Å²) < 4.78 is 25.4. The molecule has 0 radical (unpaired) electrons. The Labute approximate surface area is 136 Å². The Morgan fingerprint density at radius 2 is 1.48 bits per heavy atom. The zero-order valence-corrected chi connectivity index (χ0v) is 14.0. The van der Waals surface area contributed by atoms with Crippen LogP contribution in [0.2, 0.25) is 0 Å². The lowest BCUT2D eigenvalue weighted by Gasteiger charge is -2.28. The molecule has 0 aliphatic rings. The minimum Gasteiger partial charge on any atom is -0.480 e. The molecule has 0 fully saturated rings. The van der Waals surface area contributed by atoms with Gasteiger partial charge in [-0.15, -0.1) is 0 Å². The second-order valence-corrected chi connectivity index (χ2v) is 8.27. The van der Waals surface area contributed by atoms with E-state index in [9.17, 15) is 18.3 Å². The first-order valence-corrected chi connectivity index (χ1v) is 8.87. The van der Waals surface area contributed by atoms with Crippen LogP contribution < -0.4 is 0 Å². The molecule has 0 bridgehead atoms. The third-order valence-electron chi connectivity index (χ3n) is 3.97. The van der Waals surface area contributed by atoms with E-state index in [4.69, 9.17) is 0 Å². The number of aliphatic carboxylic acids is 1. The lowest BCUT2D eigenvalue weighted by Crippen LogP contribution is -2.36. The van der Waals surface area contributed by atoms with E-state index in [1.165, 1.54) is 12.1 Å². The quantitative estimate of drug-likeness (QED) is 0.881. The minimum atomic E-state index is -3.94. The summed E-state index contributed by atoms with van der Waals surface area (Å²) in [4.78, 5) is 11.7. The van der Waals surface area contributed by atoms with Crippen molar-refractivity contribution in [2.45, 2.75) is 35.8 Å².